The average Bonchev–Trinajstić information content (AvgIpc) is 3.24. The van der Waals surface area contributed by atoms with E-state index in [4.69, 9.17) is 4.79 Å². The van der Waals surface area contributed by atoms with Crippen molar-refractivity contribution >= 4 is 24.0 Å². The molecule has 3 N–H and O–H groups in total. The number of rotatable bonds is 6. The lowest BCUT2D eigenvalue weighted by Crippen LogP contribution is -2.30. The molecule has 3 rings (SSSR count). The summed E-state index contributed by atoms with van der Waals surface area (Å²) in [5.74, 6) is 0.175. The summed E-state index contributed by atoms with van der Waals surface area (Å²) in [6.07, 6.45) is 12.8. The van der Waals surface area contributed by atoms with Gasteiger partial charge in [-0.3, -0.25) is 9.59 Å². The van der Waals surface area contributed by atoms with Gasteiger partial charge in [-0.1, -0.05) is 52.2 Å². The van der Waals surface area contributed by atoms with E-state index in [2.05, 4.69) is 36.6 Å². The molecule has 1 heterocycles. The van der Waals surface area contributed by atoms with Crippen LogP contribution in [0.2, 0.25) is 0 Å². The minimum Gasteiger partial charge on any atom is -0.372 e. The first-order valence-corrected chi connectivity index (χ1v) is 11.5. The number of carbonyl (C=O) groups excluding carboxylic acids is 2. The molecule has 0 atom stereocenters. The highest BCUT2D eigenvalue weighted by Gasteiger charge is 2.20. The molecule has 1 aromatic heterocycles. The van der Waals surface area contributed by atoms with Crippen molar-refractivity contribution in [2.24, 2.45) is 11.7 Å². The molecule has 2 aromatic rings. The smallest absolute Gasteiger partial charge is 0.251 e. The maximum atomic E-state index is 13.2. The number of nitrogens with zero attached hydrogens (tertiary/aromatic N) is 2. The predicted molar refractivity (Wildman–Crippen MR) is 133 cm³/mol. The molecule has 1 saturated carbocycles. The number of benzene rings is 1. The van der Waals surface area contributed by atoms with Gasteiger partial charge in [-0.2, -0.15) is 5.10 Å². The van der Waals surface area contributed by atoms with Crippen molar-refractivity contribution in [3.05, 3.63) is 60.2 Å². The number of amides is 2. The minimum atomic E-state index is -0.303. The number of carbonyl (C=O) groups is 2. The maximum Gasteiger partial charge on any atom is 0.251 e. The standard InChI is InChI=1S/C22H26FN3O.C3H8.CH3NO/c1-3-19(22(27)24-14-16-8-6-5-7-9-16)20-15-25-26(21(20)4-2)18-12-10-17(23)11-13-18;1-3-2;2-1-3/h3-4,10-13,15-16H,2,5-9,14H2,1H3,(H,24,27);3H2,1-2H3;1H,(H2,2,3)/b19-3+;;. The van der Waals surface area contributed by atoms with E-state index in [-0.39, 0.29) is 18.1 Å². The van der Waals surface area contributed by atoms with E-state index in [1.807, 2.05) is 6.92 Å². The van der Waals surface area contributed by atoms with Crippen LogP contribution < -0.4 is 11.1 Å². The minimum absolute atomic E-state index is 0.0928. The van der Waals surface area contributed by atoms with Gasteiger partial charge in [-0.25, -0.2) is 9.07 Å². The Balaban J connectivity index is 0.000000819. The highest BCUT2D eigenvalue weighted by Crippen LogP contribution is 2.25. The summed E-state index contributed by atoms with van der Waals surface area (Å²) in [6.45, 7) is 10.7. The summed E-state index contributed by atoms with van der Waals surface area (Å²) in [7, 11) is 0. The van der Waals surface area contributed by atoms with Crippen LogP contribution >= 0.6 is 0 Å². The highest BCUT2D eigenvalue weighted by atomic mass is 19.1. The lowest BCUT2D eigenvalue weighted by Gasteiger charge is -2.22. The average molecular weight is 457 g/mol. The molecule has 1 fully saturated rings. The van der Waals surface area contributed by atoms with E-state index in [1.165, 1.54) is 50.7 Å². The van der Waals surface area contributed by atoms with Gasteiger partial charge in [-0.05, 0) is 56.0 Å². The van der Waals surface area contributed by atoms with Crippen LogP contribution in [0.25, 0.3) is 17.3 Å². The van der Waals surface area contributed by atoms with Crippen LogP contribution in [0.1, 0.15) is 70.6 Å². The Labute approximate surface area is 196 Å². The Morgan fingerprint density at radius 3 is 2.33 bits per heavy atom. The summed E-state index contributed by atoms with van der Waals surface area (Å²) < 4.78 is 14.9. The fourth-order valence-electron chi connectivity index (χ4n) is 3.68. The lowest BCUT2D eigenvalue weighted by molar-refractivity contribution is -0.115. The first-order valence-electron chi connectivity index (χ1n) is 11.5. The number of aromatic nitrogens is 2. The van der Waals surface area contributed by atoms with E-state index >= 15 is 0 Å². The van der Waals surface area contributed by atoms with Crippen molar-refractivity contribution in [3.8, 4) is 5.69 Å². The molecule has 1 aliphatic rings. The number of halogens is 1. The molecule has 0 radical (unpaired) electrons. The number of nitrogens with two attached hydrogens (primary N) is 1. The molecule has 33 heavy (non-hydrogen) atoms. The van der Waals surface area contributed by atoms with Crippen LogP contribution in [0, 0.1) is 11.7 Å². The van der Waals surface area contributed by atoms with E-state index < -0.39 is 0 Å². The third kappa shape index (κ3) is 8.67. The first kappa shape index (κ1) is 27.8. The second-order valence-electron chi connectivity index (χ2n) is 7.80. The monoisotopic (exact) mass is 456 g/mol. The zero-order valence-electron chi connectivity index (χ0n) is 20.0. The Bertz CT molecular complexity index is 898. The molecular formula is C26H37FN4O2. The second kappa shape index (κ2) is 15.6. The van der Waals surface area contributed by atoms with E-state index in [0.717, 1.165) is 11.3 Å². The Morgan fingerprint density at radius 1 is 1.24 bits per heavy atom. The third-order valence-corrected chi connectivity index (χ3v) is 5.17. The Morgan fingerprint density at radius 2 is 1.82 bits per heavy atom. The molecule has 180 valence electrons. The maximum absolute atomic E-state index is 13.2. The molecular weight excluding hydrogens is 419 g/mol. The zero-order valence-corrected chi connectivity index (χ0v) is 20.0. The van der Waals surface area contributed by atoms with Gasteiger partial charge in [0.15, 0.2) is 0 Å². The van der Waals surface area contributed by atoms with Gasteiger partial charge < -0.3 is 11.1 Å². The molecule has 0 saturated heterocycles. The van der Waals surface area contributed by atoms with E-state index in [0.29, 0.717) is 23.7 Å². The molecule has 7 heteroatoms. The lowest BCUT2D eigenvalue weighted by atomic mass is 9.89. The molecule has 1 aromatic carbocycles. The summed E-state index contributed by atoms with van der Waals surface area (Å²) in [6, 6.07) is 6.07. The molecule has 0 aliphatic heterocycles. The summed E-state index contributed by atoms with van der Waals surface area (Å²) in [4.78, 5) is 21.4. The van der Waals surface area contributed by atoms with Crippen LogP contribution in [0.3, 0.4) is 0 Å². The molecule has 1 aliphatic carbocycles. The number of hydrogen-bond acceptors (Lipinski definition) is 3. The van der Waals surface area contributed by atoms with E-state index in [9.17, 15) is 9.18 Å². The fourth-order valence-corrected chi connectivity index (χ4v) is 3.68. The van der Waals surface area contributed by atoms with Crippen LogP contribution in [0.4, 0.5) is 4.39 Å². The topological polar surface area (TPSA) is 90.0 Å². The molecule has 0 bridgehead atoms. The van der Waals surface area contributed by atoms with Crippen molar-refractivity contribution < 1.29 is 14.0 Å². The summed E-state index contributed by atoms with van der Waals surface area (Å²) in [5, 5.41) is 7.47. The first-order chi connectivity index (χ1) is 16.0. The number of hydrogen-bond donors (Lipinski definition) is 2. The van der Waals surface area contributed by atoms with Crippen LogP contribution in [0.5, 0.6) is 0 Å². The van der Waals surface area contributed by atoms with Gasteiger partial charge in [0.2, 0.25) is 6.41 Å². The largest absolute Gasteiger partial charge is 0.372 e. The van der Waals surface area contributed by atoms with Crippen molar-refractivity contribution in [2.75, 3.05) is 6.54 Å². The van der Waals surface area contributed by atoms with Gasteiger partial charge in [0.05, 0.1) is 17.6 Å². The van der Waals surface area contributed by atoms with Crippen molar-refractivity contribution in [1.29, 1.82) is 0 Å². The normalized spacial score (nSPS) is 13.6. The van der Waals surface area contributed by atoms with Crippen molar-refractivity contribution in [3.63, 3.8) is 0 Å². The fraction of sp³-hybridized carbons (Fsp3) is 0.423. The highest BCUT2D eigenvalue weighted by molar-refractivity contribution is 6.20. The van der Waals surface area contributed by atoms with Gasteiger partial charge in [0.25, 0.3) is 5.91 Å². The number of allylic oxidation sites excluding steroid dienone is 1. The molecule has 0 spiro atoms. The quantitative estimate of drug-likeness (QED) is 0.458. The Hall–Kier alpha value is -3.22. The number of nitrogens with one attached hydrogen (secondary N) is 1. The molecule has 6 nitrogen and oxygen atoms in total. The van der Waals surface area contributed by atoms with E-state index in [1.54, 1.807) is 35.2 Å². The SMILES string of the molecule is C=Cc1c(/C(=C\C)C(=O)NCC2CCCCC2)cnn1-c1ccc(F)cc1.CCC.NC=O. The number of primary amides is 1. The van der Waals surface area contributed by atoms with Crippen LogP contribution in [-0.2, 0) is 9.59 Å². The summed E-state index contributed by atoms with van der Waals surface area (Å²) >= 11 is 0. The predicted octanol–water partition coefficient (Wildman–Crippen LogP) is 5.27. The van der Waals surface area contributed by atoms with Gasteiger partial charge in [0.1, 0.15) is 5.82 Å². The molecule has 2 amide bonds. The van der Waals surface area contributed by atoms with Crippen molar-refractivity contribution in [1.82, 2.24) is 15.1 Å². The third-order valence-electron chi connectivity index (χ3n) is 5.17. The van der Waals surface area contributed by atoms with Gasteiger partial charge in [0, 0.05) is 17.7 Å². The Kier molecular flexibility index (Phi) is 13.1. The second-order valence-corrected chi connectivity index (χ2v) is 7.80. The van der Waals surface area contributed by atoms with Crippen LogP contribution in [0.15, 0.2) is 43.1 Å². The van der Waals surface area contributed by atoms with Gasteiger partial charge in [-0.15, -0.1) is 0 Å². The van der Waals surface area contributed by atoms with Gasteiger partial charge >= 0.3 is 0 Å². The van der Waals surface area contributed by atoms with Crippen molar-refractivity contribution in [2.45, 2.75) is 59.3 Å². The molecule has 0 unspecified atom stereocenters. The summed E-state index contributed by atoms with van der Waals surface area (Å²) in [5.41, 5.74) is 6.89. The zero-order chi connectivity index (χ0) is 24.6. The van der Waals surface area contributed by atoms with Crippen LogP contribution in [-0.4, -0.2) is 28.6 Å².